The first-order valence-electron chi connectivity index (χ1n) is 11.9. The first kappa shape index (κ1) is 26.8. The largest absolute Gasteiger partial charge is 0.507 e. The van der Waals surface area contributed by atoms with Crippen LogP contribution in [-0.2, 0) is 15.8 Å². The van der Waals surface area contributed by atoms with Crippen molar-refractivity contribution in [1.29, 1.82) is 0 Å². The van der Waals surface area contributed by atoms with E-state index in [9.17, 15) is 27.9 Å². The van der Waals surface area contributed by atoms with Crippen molar-refractivity contribution in [2.75, 3.05) is 18.6 Å². The maximum absolute atomic E-state index is 13.5. The molecule has 0 radical (unpaired) electrons. The molecule has 1 atom stereocenters. The summed E-state index contributed by atoms with van der Waals surface area (Å²) in [6, 6.07) is 14.2. The van der Waals surface area contributed by atoms with E-state index in [0.29, 0.717) is 29.2 Å². The van der Waals surface area contributed by atoms with E-state index >= 15 is 0 Å². The van der Waals surface area contributed by atoms with Crippen molar-refractivity contribution in [2.24, 2.45) is 0 Å². The smallest absolute Gasteiger partial charge is 0.416 e. The van der Waals surface area contributed by atoms with Gasteiger partial charge in [0.2, 0.25) is 0 Å². The van der Waals surface area contributed by atoms with Crippen molar-refractivity contribution < 1.29 is 37.3 Å². The lowest BCUT2D eigenvalue weighted by Crippen LogP contribution is -2.29. The summed E-state index contributed by atoms with van der Waals surface area (Å²) in [7, 11) is 1.47. The first-order chi connectivity index (χ1) is 18.1. The van der Waals surface area contributed by atoms with Gasteiger partial charge in [-0.3, -0.25) is 14.5 Å². The molecular weight excluding hydrogens is 499 g/mol. The lowest BCUT2D eigenvalue weighted by Gasteiger charge is -2.26. The number of benzene rings is 3. The van der Waals surface area contributed by atoms with Gasteiger partial charge in [-0.15, -0.1) is 0 Å². The third kappa shape index (κ3) is 5.09. The number of carbonyl (C=O) groups is 2. The predicted molar refractivity (Wildman–Crippen MR) is 136 cm³/mol. The number of ketones is 1. The fourth-order valence-electron chi connectivity index (χ4n) is 4.36. The van der Waals surface area contributed by atoms with Crippen LogP contribution in [0.5, 0.6) is 11.5 Å². The second kappa shape index (κ2) is 10.6. The Bertz CT molecular complexity index is 1400. The van der Waals surface area contributed by atoms with Gasteiger partial charge in [-0.25, -0.2) is 0 Å². The van der Waals surface area contributed by atoms with Gasteiger partial charge < -0.3 is 14.6 Å². The average molecular weight is 526 g/mol. The molecule has 198 valence electrons. The van der Waals surface area contributed by atoms with Gasteiger partial charge in [-0.1, -0.05) is 25.1 Å². The van der Waals surface area contributed by atoms with Crippen LogP contribution in [0.25, 0.3) is 5.76 Å². The Balaban J connectivity index is 1.89. The number of Topliss-reactive ketones (excluding diaryl/α,β-unsaturated/α-hetero) is 1. The Morgan fingerprint density at radius 2 is 1.74 bits per heavy atom. The predicted octanol–water partition coefficient (Wildman–Crippen LogP) is 6.44. The van der Waals surface area contributed by atoms with Crippen LogP contribution in [0.3, 0.4) is 0 Å². The minimum atomic E-state index is -4.65. The molecule has 0 aliphatic carbocycles. The molecule has 0 bridgehead atoms. The number of rotatable bonds is 7. The molecule has 38 heavy (non-hydrogen) atoms. The second-order valence-corrected chi connectivity index (χ2v) is 8.82. The number of aliphatic hydroxyl groups is 1. The summed E-state index contributed by atoms with van der Waals surface area (Å²) in [6.07, 6.45) is -3.85. The Morgan fingerprint density at radius 1 is 1.03 bits per heavy atom. The number of amides is 1. The van der Waals surface area contributed by atoms with Crippen LogP contribution in [-0.4, -0.2) is 30.5 Å². The van der Waals surface area contributed by atoms with Crippen LogP contribution < -0.4 is 14.4 Å². The Hall–Kier alpha value is -4.27. The van der Waals surface area contributed by atoms with Gasteiger partial charge in [0.05, 0.1) is 30.9 Å². The highest BCUT2D eigenvalue weighted by Crippen LogP contribution is 2.44. The first-order valence-corrected chi connectivity index (χ1v) is 11.9. The lowest BCUT2D eigenvalue weighted by molar-refractivity contribution is -0.137. The van der Waals surface area contributed by atoms with E-state index in [4.69, 9.17) is 9.47 Å². The third-order valence-corrected chi connectivity index (χ3v) is 6.24. The fraction of sp³-hybridized carbons (Fsp3) is 0.241. The molecule has 1 unspecified atom stereocenters. The van der Waals surface area contributed by atoms with E-state index < -0.39 is 35.2 Å². The number of hydrogen-bond donors (Lipinski definition) is 1. The van der Waals surface area contributed by atoms with Crippen molar-refractivity contribution in [1.82, 2.24) is 0 Å². The number of hydrogen-bond acceptors (Lipinski definition) is 5. The van der Waals surface area contributed by atoms with Gasteiger partial charge in [0.15, 0.2) is 0 Å². The number of anilines is 1. The molecule has 0 spiro atoms. The minimum absolute atomic E-state index is 0.124. The third-order valence-electron chi connectivity index (χ3n) is 6.24. The van der Waals surface area contributed by atoms with Crippen molar-refractivity contribution >= 4 is 23.1 Å². The highest BCUT2D eigenvalue weighted by molar-refractivity contribution is 6.51. The van der Waals surface area contributed by atoms with Crippen molar-refractivity contribution in [3.63, 3.8) is 0 Å². The number of aliphatic hydroxyl groups excluding tert-OH is 1. The van der Waals surface area contributed by atoms with Gasteiger partial charge >= 0.3 is 6.18 Å². The zero-order valence-electron chi connectivity index (χ0n) is 21.0. The molecule has 3 aromatic carbocycles. The monoisotopic (exact) mass is 525 g/mol. The van der Waals surface area contributed by atoms with Crippen LogP contribution in [0.15, 0.2) is 72.3 Å². The van der Waals surface area contributed by atoms with E-state index in [2.05, 4.69) is 0 Å². The van der Waals surface area contributed by atoms with E-state index in [1.54, 1.807) is 49.4 Å². The summed E-state index contributed by atoms with van der Waals surface area (Å²) >= 11 is 0. The Labute approximate surface area is 217 Å². The molecule has 3 aromatic rings. The quantitative estimate of drug-likeness (QED) is 0.218. The molecule has 4 rings (SSSR count). The molecule has 1 aliphatic rings. The van der Waals surface area contributed by atoms with Crippen LogP contribution in [0, 0.1) is 6.92 Å². The highest BCUT2D eigenvalue weighted by atomic mass is 19.4. The highest BCUT2D eigenvalue weighted by Gasteiger charge is 2.47. The molecule has 0 saturated carbocycles. The fourth-order valence-corrected chi connectivity index (χ4v) is 4.36. The number of methoxy groups -OCH3 is 1. The molecule has 1 aliphatic heterocycles. The van der Waals surface area contributed by atoms with Gasteiger partial charge in [0, 0.05) is 11.3 Å². The molecule has 9 heteroatoms. The van der Waals surface area contributed by atoms with E-state index in [1.165, 1.54) is 19.2 Å². The summed E-state index contributed by atoms with van der Waals surface area (Å²) in [6.45, 7) is 4.26. The molecule has 1 fully saturated rings. The lowest BCUT2D eigenvalue weighted by atomic mass is 9.94. The zero-order valence-corrected chi connectivity index (χ0v) is 21.0. The standard InChI is InChI=1S/C29H26F3NO5/c1-4-14-38-23-13-10-19(15-17(23)2)26(34)24-25(18-8-11-22(37-3)12-9-18)33(28(36)27(24)35)21-7-5-6-20(16-21)29(30,31)32/h5-13,15-16,25,34H,4,14H2,1-3H3/b26-24+. The number of alkyl halides is 3. The van der Waals surface area contributed by atoms with Gasteiger partial charge in [-0.05, 0) is 73.0 Å². The maximum atomic E-state index is 13.5. The molecule has 0 aromatic heterocycles. The van der Waals surface area contributed by atoms with Crippen LogP contribution >= 0.6 is 0 Å². The number of ether oxygens (including phenoxy) is 2. The van der Waals surface area contributed by atoms with Gasteiger partial charge in [0.25, 0.3) is 11.7 Å². The summed E-state index contributed by atoms with van der Waals surface area (Å²) in [4.78, 5) is 27.6. The average Bonchev–Trinajstić information content (AvgIpc) is 3.17. The molecule has 1 saturated heterocycles. The van der Waals surface area contributed by atoms with E-state index in [-0.39, 0.29) is 16.8 Å². The molecule has 6 nitrogen and oxygen atoms in total. The van der Waals surface area contributed by atoms with Crippen LogP contribution in [0.2, 0.25) is 0 Å². The van der Waals surface area contributed by atoms with Gasteiger partial charge in [-0.2, -0.15) is 13.2 Å². The Morgan fingerprint density at radius 3 is 2.34 bits per heavy atom. The summed E-state index contributed by atoms with van der Waals surface area (Å²) < 4.78 is 51.3. The van der Waals surface area contributed by atoms with Crippen LogP contribution in [0.1, 0.15) is 41.6 Å². The molecule has 1 heterocycles. The molecule has 1 N–H and O–H groups in total. The van der Waals surface area contributed by atoms with Crippen molar-refractivity contribution in [3.05, 3.63) is 94.6 Å². The minimum Gasteiger partial charge on any atom is -0.507 e. The normalized spacial score (nSPS) is 17.1. The summed E-state index contributed by atoms with van der Waals surface area (Å²) in [5.74, 6) is -1.39. The number of carbonyl (C=O) groups excluding carboxylic acids is 2. The second-order valence-electron chi connectivity index (χ2n) is 8.82. The van der Waals surface area contributed by atoms with Crippen molar-refractivity contribution in [2.45, 2.75) is 32.5 Å². The number of nitrogens with zero attached hydrogens (tertiary/aromatic N) is 1. The Kier molecular flexibility index (Phi) is 7.48. The summed E-state index contributed by atoms with van der Waals surface area (Å²) in [5, 5.41) is 11.3. The topological polar surface area (TPSA) is 76.1 Å². The van der Waals surface area contributed by atoms with E-state index in [0.717, 1.165) is 23.5 Å². The summed E-state index contributed by atoms with van der Waals surface area (Å²) in [5.41, 5.74) is 0.0512. The molecular formula is C29H26F3NO5. The zero-order chi connectivity index (χ0) is 27.6. The van der Waals surface area contributed by atoms with Crippen molar-refractivity contribution in [3.8, 4) is 11.5 Å². The maximum Gasteiger partial charge on any atom is 0.416 e. The number of halogens is 3. The SMILES string of the molecule is CCCOc1ccc(/C(O)=C2\C(=O)C(=O)N(c3cccc(C(F)(F)F)c3)C2c2ccc(OC)cc2)cc1C. The van der Waals surface area contributed by atoms with E-state index in [1.807, 2.05) is 6.92 Å². The van der Waals surface area contributed by atoms with Gasteiger partial charge in [0.1, 0.15) is 17.3 Å². The number of aryl methyl sites for hydroxylation is 1. The molecule has 1 amide bonds. The van der Waals surface area contributed by atoms with Crippen LogP contribution in [0.4, 0.5) is 18.9 Å².